The van der Waals surface area contributed by atoms with Crippen LogP contribution < -0.4 is 10.6 Å². The fourth-order valence-electron chi connectivity index (χ4n) is 4.16. The topological polar surface area (TPSA) is 109 Å². The van der Waals surface area contributed by atoms with Crippen molar-refractivity contribution in [3.63, 3.8) is 0 Å². The van der Waals surface area contributed by atoms with Gasteiger partial charge in [-0.25, -0.2) is 0 Å². The fourth-order valence-corrected chi connectivity index (χ4v) is 4.16. The second kappa shape index (κ2) is 16.0. The van der Waals surface area contributed by atoms with E-state index in [0.29, 0.717) is 19.4 Å². The van der Waals surface area contributed by atoms with Gasteiger partial charge in [0.25, 0.3) is 0 Å². The van der Waals surface area contributed by atoms with Crippen LogP contribution in [0.2, 0.25) is 0 Å². The lowest BCUT2D eigenvalue weighted by atomic mass is 9.82. The van der Waals surface area contributed by atoms with Gasteiger partial charge in [0.05, 0.1) is 32.7 Å². The number of esters is 3. The molecule has 1 fully saturated rings. The van der Waals surface area contributed by atoms with Gasteiger partial charge in [-0.2, -0.15) is 0 Å². The van der Waals surface area contributed by atoms with Gasteiger partial charge in [-0.3, -0.25) is 24.2 Å². The molecule has 10 heteroatoms. The number of hydrogen-bond acceptors (Lipinski definition) is 10. The molecule has 0 aromatic carbocycles. The molecule has 1 saturated heterocycles. The Kier molecular flexibility index (Phi) is 14.3. The van der Waals surface area contributed by atoms with Gasteiger partial charge in [0.15, 0.2) is 0 Å². The van der Waals surface area contributed by atoms with E-state index in [-0.39, 0.29) is 23.8 Å². The molecule has 2 N–H and O–H groups in total. The monoisotopic (exact) mass is 486 g/mol. The van der Waals surface area contributed by atoms with E-state index >= 15 is 0 Å². The van der Waals surface area contributed by atoms with Crippen LogP contribution in [0.1, 0.15) is 33.6 Å². The molecule has 1 heterocycles. The second-order valence-corrected chi connectivity index (χ2v) is 9.78. The Morgan fingerprint density at radius 3 is 1.85 bits per heavy atom. The molecule has 1 aliphatic heterocycles. The molecule has 198 valence electrons. The number of hydrogen-bond donors (Lipinski definition) is 2. The molecule has 0 aromatic rings. The maximum Gasteiger partial charge on any atom is 0.311 e. The Morgan fingerprint density at radius 2 is 1.38 bits per heavy atom. The van der Waals surface area contributed by atoms with Crippen molar-refractivity contribution in [2.45, 2.75) is 33.6 Å². The number of rotatable bonds is 16. The number of piperazine rings is 1. The van der Waals surface area contributed by atoms with Crippen molar-refractivity contribution in [1.82, 2.24) is 20.4 Å². The van der Waals surface area contributed by atoms with Gasteiger partial charge >= 0.3 is 17.9 Å². The molecule has 0 radical (unpaired) electrons. The minimum absolute atomic E-state index is 0.161. The van der Waals surface area contributed by atoms with Crippen molar-refractivity contribution < 1.29 is 28.6 Å². The molecule has 34 heavy (non-hydrogen) atoms. The largest absolute Gasteiger partial charge is 0.469 e. The molecule has 0 aliphatic carbocycles. The Bertz CT molecular complexity index is 623. The Balaban J connectivity index is 2.23. The number of ether oxygens (including phenoxy) is 3. The van der Waals surface area contributed by atoms with Crippen LogP contribution in [0.25, 0.3) is 0 Å². The molecule has 2 unspecified atom stereocenters. The third-order valence-electron chi connectivity index (χ3n) is 6.33. The zero-order valence-electron chi connectivity index (χ0n) is 22.0. The van der Waals surface area contributed by atoms with E-state index in [4.69, 9.17) is 14.2 Å². The fraction of sp³-hybridized carbons (Fsp3) is 0.875. The average molecular weight is 487 g/mol. The van der Waals surface area contributed by atoms with Crippen LogP contribution in [0.4, 0.5) is 0 Å². The molecule has 0 bridgehead atoms. The standard InChI is InChI=1S/C24H46N4O6/c1-19(15-21(29)32-4)17-25-7-9-27-11-13-28(14-12-27)10-8-26-18-20(22(30)33-5)16-24(2,3)23(31)34-6/h19-20,25-26H,7-18H2,1-6H3. The summed E-state index contributed by atoms with van der Waals surface area (Å²) in [5.41, 5.74) is -0.750. The van der Waals surface area contributed by atoms with Crippen molar-refractivity contribution in [2.24, 2.45) is 17.3 Å². The number of carbonyl (C=O) groups is 3. The minimum atomic E-state index is -0.750. The van der Waals surface area contributed by atoms with E-state index < -0.39 is 11.3 Å². The smallest absolute Gasteiger partial charge is 0.311 e. The SMILES string of the molecule is COC(=O)CC(C)CNCCN1CCN(CCNCC(CC(C)(C)C(=O)OC)C(=O)OC)CC1. The summed E-state index contributed by atoms with van der Waals surface area (Å²) < 4.78 is 14.5. The molecular formula is C24H46N4O6. The third-order valence-corrected chi connectivity index (χ3v) is 6.33. The van der Waals surface area contributed by atoms with Crippen LogP contribution in [0.3, 0.4) is 0 Å². The van der Waals surface area contributed by atoms with Crippen LogP contribution in [-0.4, -0.2) is 114 Å². The summed E-state index contributed by atoms with van der Waals surface area (Å²) in [7, 11) is 4.16. The maximum absolute atomic E-state index is 12.2. The number of carbonyl (C=O) groups excluding carboxylic acids is 3. The molecule has 2 atom stereocenters. The summed E-state index contributed by atoms with van der Waals surface area (Å²) in [4.78, 5) is 40.3. The quantitative estimate of drug-likeness (QED) is 0.180. The van der Waals surface area contributed by atoms with Crippen LogP contribution in [0, 0.1) is 17.3 Å². The van der Waals surface area contributed by atoms with Gasteiger partial charge in [0, 0.05) is 65.3 Å². The zero-order chi connectivity index (χ0) is 25.6. The molecule has 10 nitrogen and oxygen atoms in total. The number of nitrogens with zero attached hydrogens (tertiary/aromatic N) is 2. The first-order valence-electron chi connectivity index (χ1n) is 12.2. The molecule has 0 aromatic heterocycles. The highest BCUT2D eigenvalue weighted by Gasteiger charge is 2.35. The number of methoxy groups -OCH3 is 3. The van der Waals surface area contributed by atoms with E-state index in [1.165, 1.54) is 21.3 Å². The summed E-state index contributed by atoms with van der Waals surface area (Å²) in [5, 5.41) is 6.78. The van der Waals surface area contributed by atoms with Crippen LogP contribution >= 0.6 is 0 Å². The van der Waals surface area contributed by atoms with Gasteiger partial charge in [-0.1, -0.05) is 6.92 Å². The molecule has 0 spiro atoms. The summed E-state index contributed by atoms with van der Waals surface area (Å²) in [6.45, 7) is 14.5. The van der Waals surface area contributed by atoms with Crippen molar-refractivity contribution in [3.8, 4) is 0 Å². The molecule has 0 saturated carbocycles. The van der Waals surface area contributed by atoms with Crippen molar-refractivity contribution in [1.29, 1.82) is 0 Å². The lowest BCUT2D eigenvalue weighted by Gasteiger charge is -2.35. The Hall–Kier alpha value is -1.75. The Labute approximate surface area is 205 Å². The van der Waals surface area contributed by atoms with Crippen molar-refractivity contribution in [3.05, 3.63) is 0 Å². The van der Waals surface area contributed by atoms with E-state index in [1.807, 2.05) is 6.92 Å². The predicted octanol–water partition coefficient (Wildman–Crippen LogP) is 0.361. The normalized spacial score (nSPS) is 17.1. The lowest BCUT2D eigenvalue weighted by Crippen LogP contribution is -2.49. The average Bonchev–Trinajstić information content (AvgIpc) is 2.83. The minimum Gasteiger partial charge on any atom is -0.469 e. The summed E-state index contributed by atoms with van der Waals surface area (Å²) >= 11 is 0. The lowest BCUT2D eigenvalue weighted by molar-refractivity contribution is -0.154. The van der Waals surface area contributed by atoms with Gasteiger partial charge in [0.2, 0.25) is 0 Å². The van der Waals surface area contributed by atoms with Gasteiger partial charge in [0.1, 0.15) is 0 Å². The first-order valence-corrected chi connectivity index (χ1v) is 12.2. The summed E-state index contributed by atoms with van der Waals surface area (Å²) in [6, 6.07) is 0. The van der Waals surface area contributed by atoms with Crippen LogP contribution in [0.15, 0.2) is 0 Å². The van der Waals surface area contributed by atoms with Crippen LogP contribution in [-0.2, 0) is 28.6 Å². The summed E-state index contributed by atoms with van der Waals surface area (Å²) in [5.74, 6) is -0.941. The number of nitrogens with one attached hydrogen (secondary N) is 2. The highest BCUT2D eigenvalue weighted by molar-refractivity contribution is 5.78. The van der Waals surface area contributed by atoms with Crippen molar-refractivity contribution in [2.75, 3.05) is 86.8 Å². The molecule has 1 aliphatic rings. The zero-order valence-corrected chi connectivity index (χ0v) is 22.0. The molecule has 1 rings (SSSR count). The Morgan fingerprint density at radius 1 is 0.853 bits per heavy atom. The van der Waals surface area contributed by atoms with Gasteiger partial charge in [-0.05, 0) is 32.7 Å². The highest BCUT2D eigenvalue weighted by atomic mass is 16.5. The third kappa shape index (κ3) is 11.6. The maximum atomic E-state index is 12.2. The summed E-state index contributed by atoms with van der Waals surface area (Å²) in [6.07, 6.45) is 0.813. The van der Waals surface area contributed by atoms with Crippen LogP contribution in [0.5, 0.6) is 0 Å². The first-order chi connectivity index (χ1) is 16.1. The van der Waals surface area contributed by atoms with E-state index in [2.05, 4.69) is 20.4 Å². The highest BCUT2D eigenvalue weighted by Crippen LogP contribution is 2.27. The second-order valence-electron chi connectivity index (χ2n) is 9.78. The van der Waals surface area contributed by atoms with Crippen molar-refractivity contribution >= 4 is 17.9 Å². The predicted molar refractivity (Wildman–Crippen MR) is 130 cm³/mol. The van der Waals surface area contributed by atoms with E-state index in [0.717, 1.165) is 58.9 Å². The molecular weight excluding hydrogens is 440 g/mol. The van der Waals surface area contributed by atoms with E-state index in [1.54, 1.807) is 13.8 Å². The van der Waals surface area contributed by atoms with Gasteiger partial charge in [-0.15, -0.1) is 0 Å². The molecule has 0 amide bonds. The first kappa shape index (κ1) is 30.3. The van der Waals surface area contributed by atoms with Gasteiger partial charge < -0.3 is 24.8 Å². The van der Waals surface area contributed by atoms with E-state index in [9.17, 15) is 14.4 Å².